The summed E-state index contributed by atoms with van der Waals surface area (Å²) >= 11 is 1.03. The lowest BCUT2D eigenvalue weighted by atomic mass is 10.4. The summed E-state index contributed by atoms with van der Waals surface area (Å²) in [7, 11) is 0. The number of pyridine rings is 1. The van der Waals surface area contributed by atoms with Gasteiger partial charge in [0, 0.05) is 6.20 Å². The second-order valence-electron chi connectivity index (χ2n) is 2.61. The Morgan fingerprint density at radius 1 is 1.33 bits per heavy atom. The molecule has 6 nitrogen and oxygen atoms in total. The molecule has 2 aromatic rings. The van der Waals surface area contributed by atoms with Crippen molar-refractivity contribution in [3.05, 3.63) is 30.7 Å². The zero-order chi connectivity index (χ0) is 10.5. The number of nitrogens with zero attached hydrogens (tertiary/aromatic N) is 3. The van der Waals surface area contributed by atoms with Crippen molar-refractivity contribution in [3.63, 3.8) is 0 Å². The van der Waals surface area contributed by atoms with Gasteiger partial charge in [-0.3, -0.25) is 10.3 Å². The Morgan fingerprint density at radius 2 is 2.27 bits per heavy atom. The summed E-state index contributed by atoms with van der Waals surface area (Å²) < 4.78 is 7.60. The van der Waals surface area contributed by atoms with Gasteiger partial charge in [0.15, 0.2) is 5.82 Å². The van der Waals surface area contributed by atoms with Gasteiger partial charge in [-0.25, -0.2) is 4.79 Å². The molecule has 2 rings (SSSR count). The molecule has 2 amide bonds. The molecule has 0 radical (unpaired) electrons. The van der Waals surface area contributed by atoms with E-state index in [4.69, 9.17) is 0 Å². The molecule has 0 saturated carbocycles. The first-order chi connectivity index (χ1) is 7.34. The summed E-state index contributed by atoms with van der Waals surface area (Å²) in [5.74, 6) is 0.432. The second kappa shape index (κ2) is 4.47. The third-order valence-electron chi connectivity index (χ3n) is 1.52. The lowest BCUT2D eigenvalue weighted by Crippen LogP contribution is -2.19. The molecule has 2 N–H and O–H groups in total. The second-order valence-corrected chi connectivity index (χ2v) is 3.17. The van der Waals surface area contributed by atoms with E-state index in [1.807, 2.05) is 0 Å². The molecule has 0 unspecified atom stereocenters. The first-order valence-electron chi connectivity index (χ1n) is 4.10. The smallest absolute Gasteiger partial charge is 0.306 e. The maximum atomic E-state index is 11.4. The van der Waals surface area contributed by atoms with Gasteiger partial charge in [0.25, 0.3) is 0 Å². The van der Waals surface area contributed by atoms with Crippen LogP contribution in [0.3, 0.4) is 0 Å². The number of nitrogens with one attached hydrogen (secondary N) is 2. The third kappa shape index (κ3) is 2.71. The number of hydrogen-bond donors (Lipinski definition) is 2. The first kappa shape index (κ1) is 9.53. The molecule has 0 aliphatic carbocycles. The van der Waals surface area contributed by atoms with Gasteiger partial charge in [-0.2, -0.15) is 8.75 Å². The van der Waals surface area contributed by atoms with E-state index in [1.165, 1.54) is 6.20 Å². The van der Waals surface area contributed by atoms with Gasteiger partial charge in [0.05, 0.1) is 29.8 Å². The Morgan fingerprint density at radius 3 is 2.93 bits per heavy atom. The fourth-order valence-electron chi connectivity index (χ4n) is 0.935. The number of amides is 2. The molecule has 2 heterocycles. The molecule has 0 atom stereocenters. The van der Waals surface area contributed by atoms with Gasteiger partial charge in [-0.1, -0.05) is 0 Å². The normalized spacial score (nSPS) is 9.60. The summed E-state index contributed by atoms with van der Waals surface area (Å²) in [5, 5.41) is 5.13. The Hall–Kier alpha value is -2.02. The fourth-order valence-corrected chi connectivity index (χ4v) is 1.31. The molecule has 0 aliphatic heterocycles. The molecule has 0 aliphatic rings. The van der Waals surface area contributed by atoms with Crippen LogP contribution in [0.15, 0.2) is 30.7 Å². The number of hydrogen-bond acceptors (Lipinski definition) is 5. The van der Waals surface area contributed by atoms with E-state index in [0.717, 1.165) is 11.7 Å². The molecular formula is C8H7N5OS. The number of carbonyl (C=O) groups is 1. The van der Waals surface area contributed by atoms with Crippen molar-refractivity contribution in [2.24, 2.45) is 0 Å². The zero-order valence-electron chi connectivity index (χ0n) is 7.54. The Kier molecular flexibility index (Phi) is 2.84. The summed E-state index contributed by atoms with van der Waals surface area (Å²) in [6.07, 6.45) is 4.67. The van der Waals surface area contributed by atoms with E-state index in [0.29, 0.717) is 11.5 Å². The SMILES string of the molecule is O=C(Nc1cccnc1)Nc1cnsn1. The number of rotatable bonds is 2. The molecule has 0 aromatic carbocycles. The topological polar surface area (TPSA) is 79.8 Å². The van der Waals surface area contributed by atoms with E-state index in [2.05, 4.69) is 24.4 Å². The number of urea groups is 1. The van der Waals surface area contributed by atoms with Gasteiger partial charge in [0.2, 0.25) is 0 Å². The van der Waals surface area contributed by atoms with Crippen LogP contribution < -0.4 is 10.6 Å². The minimum absolute atomic E-state index is 0.365. The summed E-state index contributed by atoms with van der Waals surface area (Å²) in [6, 6.07) is 3.11. The number of carbonyl (C=O) groups excluding carboxylic acids is 1. The summed E-state index contributed by atoms with van der Waals surface area (Å²) in [5.41, 5.74) is 0.623. The Balaban J connectivity index is 1.94. The third-order valence-corrected chi connectivity index (χ3v) is 2.00. The van der Waals surface area contributed by atoms with Crippen molar-refractivity contribution in [1.82, 2.24) is 13.7 Å². The van der Waals surface area contributed by atoms with Crippen molar-refractivity contribution >= 4 is 29.3 Å². The van der Waals surface area contributed by atoms with Crippen molar-refractivity contribution < 1.29 is 4.79 Å². The van der Waals surface area contributed by atoms with Crippen molar-refractivity contribution in [2.45, 2.75) is 0 Å². The maximum Gasteiger partial charge on any atom is 0.324 e. The average Bonchev–Trinajstić information content (AvgIpc) is 2.71. The zero-order valence-corrected chi connectivity index (χ0v) is 8.36. The van der Waals surface area contributed by atoms with Crippen LogP contribution in [0.4, 0.5) is 16.3 Å². The van der Waals surface area contributed by atoms with Crippen LogP contribution >= 0.6 is 11.7 Å². The van der Waals surface area contributed by atoms with Crippen LogP contribution in [0.25, 0.3) is 0 Å². The largest absolute Gasteiger partial charge is 0.324 e. The molecular weight excluding hydrogens is 214 g/mol. The predicted octanol–water partition coefficient (Wildman–Crippen LogP) is 1.58. The molecule has 76 valence electrons. The summed E-state index contributed by atoms with van der Waals surface area (Å²) in [6.45, 7) is 0. The van der Waals surface area contributed by atoms with E-state index in [1.54, 1.807) is 24.5 Å². The minimum Gasteiger partial charge on any atom is -0.306 e. The van der Waals surface area contributed by atoms with Gasteiger partial charge in [0.1, 0.15) is 0 Å². The molecule has 7 heteroatoms. The lowest BCUT2D eigenvalue weighted by molar-refractivity contribution is 0.262. The van der Waals surface area contributed by atoms with E-state index < -0.39 is 0 Å². The van der Waals surface area contributed by atoms with Crippen LogP contribution in [0.2, 0.25) is 0 Å². The van der Waals surface area contributed by atoms with Gasteiger partial charge < -0.3 is 5.32 Å². The predicted molar refractivity (Wildman–Crippen MR) is 56.8 cm³/mol. The average molecular weight is 221 g/mol. The minimum atomic E-state index is -0.365. The Labute approximate surface area is 89.7 Å². The highest BCUT2D eigenvalue weighted by atomic mass is 32.1. The van der Waals surface area contributed by atoms with E-state index in [-0.39, 0.29) is 6.03 Å². The van der Waals surface area contributed by atoms with Gasteiger partial charge in [-0.05, 0) is 12.1 Å². The molecule has 2 aromatic heterocycles. The lowest BCUT2D eigenvalue weighted by Gasteiger charge is -2.03. The van der Waals surface area contributed by atoms with Crippen molar-refractivity contribution in [2.75, 3.05) is 10.6 Å². The van der Waals surface area contributed by atoms with Crippen molar-refractivity contribution in [1.29, 1.82) is 0 Å². The maximum absolute atomic E-state index is 11.4. The quantitative estimate of drug-likeness (QED) is 0.806. The molecule has 0 saturated heterocycles. The van der Waals surface area contributed by atoms with Gasteiger partial charge >= 0.3 is 6.03 Å². The molecule has 0 fully saturated rings. The highest BCUT2D eigenvalue weighted by Crippen LogP contribution is 2.05. The van der Waals surface area contributed by atoms with Crippen LogP contribution in [-0.2, 0) is 0 Å². The highest BCUT2D eigenvalue weighted by Gasteiger charge is 2.03. The number of aromatic nitrogens is 3. The molecule has 0 spiro atoms. The molecule has 0 bridgehead atoms. The van der Waals surface area contributed by atoms with Crippen LogP contribution in [0.5, 0.6) is 0 Å². The first-order valence-corrected chi connectivity index (χ1v) is 4.83. The van der Waals surface area contributed by atoms with Crippen LogP contribution in [-0.4, -0.2) is 19.8 Å². The highest BCUT2D eigenvalue weighted by molar-refractivity contribution is 6.99. The van der Waals surface area contributed by atoms with Gasteiger partial charge in [-0.15, -0.1) is 0 Å². The van der Waals surface area contributed by atoms with Crippen molar-refractivity contribution in [3.8, 4) is 0 Å². The standard InChI is InChI=1S/C8H7N5OS/c14-8(12-7-5-10-15-13-7)11-6-2-1-3-9-4-6/h1-5H,(H2,11,12,13,14). The van der Waals surface area contributed by atoms with E-state index in [9.17, 15) is 4.79 Å². The molecule has 15 heavy (non-hydrogen) atoms. The van der Waals surface area contributed by atoms with Crippen LogP contribution in [0, 0.1) is 0 Å². The monoisotopic (exact) mass is 221 g/mol. The number of anilines is 2. The fraction of sp³-hybridized carbons (Fsp3) is 0. The Bertz CT molecular complexity index is 430. The van der Waals surface area contributed by atoms with E-state index >= 15 is 0 Å². The summed E-state index contributed by atoms with van der Waals surface area (Å²) in [4.78, 5) is 15.2. The van der Waals surface area contributed by atoms with Crippen LogP contribution in [0.1, 0.15) is 0 Å².